The van der Waals surface area contributed by atoms with E-state index in [1.807, 2.05) is 44.5 Å². The lowest BCUT2D eigenvalue weighted by atomic mass is 10.1. The molecule has 2 aromatic rings. The van der Waals surface area contributed by atoms with Gasteiger partial charge in [-0.1, -0.05) is 12.1 Å². The van der Waals surface area contributed by atoms with E-state index < -0.39 is 10.0 Å². The minimum atomic E-state index is -3.51. The summed E-state index contributed by atoms with van der Waals surface area (Å²) in [7, 11) is -1.68. The van der Waals surface area contributed by atoms with Crippen LogP contribution in [0.2, 0.25) is 0 Å². The van der Waals surface area contributed by atoms with E-state index in [0.717, 1.165) is 16.7 Å². The average molecular weight is 310 g/mol. The van der Waals surface area contributed by atoms with Crippen LogP contribution >= 0.6 is 11.3 Å². The number of anilines is 1. The molecule has 4 nitrogen and oxygen atoms in total. The van der Waals surface area contributed by atoms with Crippen molar-refractivity contribution in [2.24, 2.45) is 0 Å². The van der Waals surface area contributed by atoms with Gasteiger partial charge >= 0.3 is 0 Å². The van der Waals surface area contributed by atoms with Gasteiger partial charge < -0.3 is 5.32 Å². The monoisotopic (exact) mass is 310 g/mol. The topological polar surface area (TPSA) is 58.2 Å². The van der Waals surface area contributed by atoms with E-state index in [1.54, 1.807) is 6.07 Å². The van der Waals surface area contributed by atoms with Gasteiger partial charge in [-0.3, -0.25) is 4.72 Å². The van der Waals surface area contributed by atoms with Crippen molar-refractivity contribution in [3.05, 3.63) is 46.3 Å². The third kappa shape index (κ3) is 3.39. The molecule has 0 saturated carbocycles. The van der Waals surface area contributed by atoms with Crippen LogP contribution in [-0.2, 0) is 16.6 Å². The van der Waals surface area contributed by atoms with Crippen molar-refractivity contribution in [2.75, 3.05) is 11.8 Å². The standard InChI is InChI=1S/C14H18N2O2S2/c1-10-4-5-11(2)13(6-10)16-20(17,18)14-7-12(8-15-3)9-19-14/h4-7,9,15-16H,8H2,1-3H3. The second-order valence-corrected chi connectivity index (χ2v) is 7.55. The molecular weight excluding hydrogens is 292 g/mol. The highest BCUT2D eigenvalue weighted by atomic mass is 32.2. The molecule has 0 fully saturated rings. The van der Waals surface area contributed by atoms with Gasteiger partial charge in [0, 0.05) is 6.54 Å². The molecule has 108 valence electrons. The quantitative estimate of drug-likeness (QED) is 0.893. The first-order valence-electron chi connectivity index (χ1n) is 6.24. The zero-order chi connectivity index (χ0) is 14.8. The normalized spacial score (nSPS) is 11.6. The molecule has 0 aliphatic carbocycles. The summed E-state index contributed by atoms with van der Waals surface area (Å²) in [4.78, 5) is 0. The fourth-order valence-corrected chi connectivity index (χ4v) is 4.16. The number of rotatable bonds is 5. The van der Waals surface area contributed by atoms with E-state index in [1.165, 1.54) is 11.3 Å². The van der Waals surface area contributed by atoms with Gasteiger partial charge in [0.15, 0.2) is 0 Å². The van der Waals surface area contributed by atoms with Crippen LogP contribution in [0.3, 0.4) is 0 Å². The minimum absolute atomic E-state index is 0.337. The lowest BCUT2D eigenvalue weighted by Crippen LogP contribution is -2.12. The summed E-state index contributed by atoms with van der Waals surface area (Å²) in [5.41, 5.74) is 3.54. The number of hydrogen-bond donors (Lipinski definition) is 2. The highest BCUT2D eigenvalue weighted by Gasteiger charge is 2.17. The molecule has 0 aliphatic rings. The van der Waals surface area contributed by atoms with Crippen LogP contribution in [-0.4, -0.2) is 15.5 Å². The molecule has 1 heterocycles. The van der Waals surface area contributed by atoms with Gasteiger partial charge in [-0.25, -0.2) is 8.42 Å². The molecule has 0 unspecified atom stereocenters. The Balaban J connectivity index is 2.28. The molecule has 0 bridgehead atoms. The van der Waals surface area contributed by atoms with Crippen LogP contribution in [0.4, 0.5) is 5.69 Å². The fourth-order valence-electron chi connectivity index (χ4n) is 1.83. The molecule has 20 heavy (non-hydrogen) atoms. The van der Waals surface area contributed by atoms with Crippen LogP contribution in [0.5, 0.6) is 0 Å². The molecule has 2 rings (SSSR count). The minimum Gasteiger partial charge on any atom is -0.316 e. The first kappa shape index (κ1) is 15.0. The smallest absolute Gasteiger partial charge is 0.271 e. The molecule has 0 aliphatic heterocycles. The Morgan fingerprint density at radius 1 is 1.20 bits per heavy atom. The van der Waals surface area contributed by atoms with Gasteiger partial charge in [0.25, 0.3) is 10.0 Å². The SMILES string of the molecule is CNCc1csc(S(=O)(=O)Nc2cc(C)ccc2C)c1. The third-order valence-corrected chi connectivity index (χ3v) is 5.77. The van der Waals surface area contributed by atoms with Crippen LogP contribution in [0.15, 0.2) is 33.9 Å². The van der Waals surface area contributed by atoms with E-state index in [0.29, 0.717) is 16.4 Å². The number of hydrogen-bond acceptors (Lipinski definition) is 4. The van der Waals surface area contributed by atoms with Crippen molar-refractivity contribution in [2.45, 2.75) is 24.6 Å². The van der Waals surface area contributed by atoms with Crippen LogP contribution < -0.4 is 10.0 Å². The van der Waals surface area contributed by atoms with Gasteiger partial charge in [-0.05, 0) is 55.1 Å². The number of benzene rings is 1. The molecule has 6 heteroatoms. The zero-order valence-electron chi connectivity index (χ0n) is 11.7. The first-order chi connectivity index (χ1) is 9.42. The summed E-state index contributed by atoms with van der Waals surface area (Å²) in [6.07, 6.45) is 0. The molecule has 0 spiro atoms. The lowest BCUT2D eigenvalue weighted by molar-refractivity contribution is 0.603. The Morgan fingerprint density at radius 2 is 1.95 bits per heavy atom. The second-order valence-electron chi connectivity index (χ2n) is 4.73. The Labute approximate surface area is 123 Å². The van der Waals surface area contributed by atoms with E-state index in [4.69, 9.17) is 0 Å². The van der Waals surface area contributed by atoms with Crippen molar-refractivity contribution in [1.82, 2.24) is 5.32 Å². The second kappa shape index (κ2) is 5.95. The number of sulfonamides is 1. The average Bonchev–Trinajstić information content (AvgIpc) is 2.83. The van der Waals surface area contributed by atoms with Gasteiger partial charge in [-0.2, -0.15) is 0 Å². The van der Waals surface area contributed by atoms with Gasteiger partial charge in [-0.15, -0.1) is 11.3 Å². The van der Waals surface area contributed by atoms with Gasteiger partial charge in [0.2, 0.25) is 0 Å². The molecular formula is C14H18N2O2S2. The van der Waals surface area contributed by atoms with Crippen molar-refractivity contribution in [3.63, 3.8) is 0 Å². The maximum atomic E-state index is 12.4. The number of nitrogens with one attached hydrogen (secondary N) is 2. The van der Waals surface area contributed by atoms with Gasteiger partial charge in [0.1, 0.15) is 4.21 Å². The Bertz CT molecular complexity index is 706. The lowest BCUT2D eigenvalue weighted by Gasteiger charge is -2.10. The highest BCUT2D eigenvalue weighted by molar-refractivity contribution is 7.94. The van der Waals surface area contributed by atoms with E-state index in [9.17, 15) is 8.42 Å². The Hall–Kier alpha value is -1.37. The molecule has 0 radical (unpaired) electrons. The zero-order valence-corrected chi connectivity index (χ0v) is 13.4. The Morgan fingerprint density at radius 3 is 2.65 bits per heavy atom. The maximum Gasteiger partial charge on any atom is 0.271 e. The highest BCUT2D eigenvalue weighted by Crippen LogP contribution is 2.25. The Kier molecular flexibility index (Phi) is 4.47. The summed E-state index contributed by atoms with van der Waals surface area (Å²) < 4.78 is 27.7. The largest absolute Gasteiger partial charge is 0.316 e. The molecule has 0 atom stereocenters. The molecule has 0 saturated heterocycles. The summed E-state index contributed by atoms with van der Waals surface area (Å²) in [5, 5.41) is 4.86. The summed E-state index contributed by atoms with van der Waals surface area (Å²) >= 11 is 1.24. The molecule has 0 amide bonds. The fraction of sp³-hybridized carbons (Fsp3) is 0.286. The number of aryl methyl sites for hydroxylation is 2. The summed E-state index contributed by atoms with van der Waals surface area (Å²) in [5.74, 6) is 0. The van der Waals surface area contributed by atoms with Crippen LogP contribution in [0, 0.1) is 13.8 Å². The molecule has 1 aromatic carbocycles. The summed E-state index contributed by atoms with van der Waals surface area (Å²) in [6, 6.07) is 7.42. The molecule has 1 aromatic heterocycles. The van der Waals surface area contributed by atoms with Crippen molar-refractivity contribution in [3.8, 4) is 0 Å². The van der Waals surface area contributed by atoms with Crippen LogP contribution in [0.1, 0.15) is 16.7 Å². The number of thiophene rings is 1. The van der Waals surface area contributed by atoms with Crippen molar-refractivity contribution in [1.29, 1.82) is 0 Å². The third-order valence-electron chi connectivity index (χ3n) is 2.91. The van der Waals surface area contributed by atoms with E-state index in [-0.39, 0.29) is 0 Å². The van der Waals surface area contributed by atoms with E-state index in [2.05, 4.69) is 10.0 Å². The van der Waals surface area contributed by atoms with E-state index >= 15 is 0 Å². The van der Waals surface area contributed by atoms with Crippen LogP contribution in [0.25, 0.3) is 0 Å². The van der Waals surface area contributed by atoms with Gasteiger partial charge in [0.05, 0.1) is 5.69 Å². The van der Waals surface area contributed by atoms with Crippen molar-refractivity contribution < 1.29 is 8.42 Å². The predicted octanol–water partition coefficient (Wildman–Crippen LogP) is 2.89. The first-order valence-corrected chi connectivity index (χ1v) is 8.61. The maximum absolute atomic E-state index is 12.4. The van der Waals surface area contributed by atoms with Crippen molar-refractivity contribution >= 4 is 27.0 Å². The molecule has 2 N–H and O–H groups in total. The predicted molar refractivity (Wildman–Crippen MR) is 83.8 cm³/mol. The summed E-state index contributed by atoms with van der Waals surface area (Å²) in [6.45, 7) is 4.49.